The highest BCUT2D eigenvalue weighted by Crippen LogP contribution is 2.43. The lowest BCUT2D eigenvalue weighted by Crippen LogP contribution is -2.62. The molecule has 2 amide bonds. The minimum Gasteiger partial charge on any atom is -0.481 e. The van der Waals surface area contributed by atoms with Crippen LogP contribution in [0.15, 0.2) is 16.5 Å². The quantitative estimate of drug-likeness (QED) is 0.415. The normalized spacial score (nSPS) is 26.5. The smallest absolute Gasteiger partial charge is 0.309 e. The van der Waals surface area contributed by atoms with Gasteiger partial charge in [0.25, 0.3) is 5.91 Å². The molecule has 1 saturated heterocycles. The number of alkyl halides is 2. The number of fused-ring (bicyclic) bond motifs is 1. The Labute approximate surface area is 252 Å². The molecule has 0 unspecified atom stereocenters. The largest absolute Gasteiger partial charge is 0.481 e. The number of piperazine rings is 1. The van der Waals surface area contributed by atoms with Crippen LogP contribution in [0.4, 0.5) is 8.78 Å². The zero-order valence-electron chi connectivity index (χ0n) is 26.3. The van der Waals surface area contributed by atoms with Crippen LogP contribution in [0.1, 0.15) is 121 Å². The molecule has 0 atom stereocenters. The summed E-state index contributed by atoms with van der Waals surface area (Å²) < 4.78 is 33.9. The van der Waals surface area contributed by atoms with E-state index in [1.807, 2.05) is 24.8 Å². The number of amides is 2. The summed E-state index contributed by atoms with van der Waals surface area (Å²) in [7, 11) is 0. The number of carboxylic acids is 1. The van der Waals surface area contributed by atoms with E-state index >= 15 is 0 Å². The van der Waals surface area contributed by atoms with Crippen molar-refractivity contribution in [2.24, 2.45) is 11.3 Å². The summed E-state index contributed by atoms with van der Waals surface area (Å²) in [6, 6.07) is 3.63. The van der Waals surface area contributed by atoms with E-state index in [0.29, 0.717) is 69.3 Å². The molecule has 2 aliphatic carbocycles. The topological polar surface area (TPSA) is 104 Å². The van der Waals surface area contributed by atoms with Gasteiger partial charge < -0.3 is 19.3 Å². The molecule has 0 aromatic carbocycles. The Morgan fingerprint density at radius 3 is 2.16 bits per heavy atom. The van der Waals surface area contributed by atoms with Crippen LogP contribution in [0.3, 0.4) is 0 Å². The van der Waals surface area contributed by atoms with E-state index in [-0.39, 0.29) is 47.7 Å². The maximum atomic E-state index is 13.9. The fraction of sp³-hybridized carbons (Fsp3) is 0.697. The van der Waals surface area contributed by atoms with Crippen LogP contribution in [0.2, 0.25) is 0 Å². The summed E-state index contributed by atoms with van der Waals surface area (Å²) in [5.74, 6) is -3.77. The maximum absolute atomic E-state index is 13.9. The second kappa shape index (κ2) is 10.8. The molecule has 5 rings (SSSR count). The van der Waals surface area contributed by atoms with Gasteiger partial charge in [-0.1, -0.05) is 20.8 Å². The molecule has 236 valence electrons. The van der Waals surface area contributed by atoms with Gasteiger partial charge in [-0.2, -0.15) is 0 Å². The highest BCUT2D eigenvalue weighted by molar-refractivity contribution is 5.96. The van der Waals surface area contributed by atoms with Crippen LogP contribution in [0, 0.1) is 11.3 Å². The molecular weight excluding hydrogens is 556 g/mol. The van der Waals surface area contributed by atoms with E-state index in [4.69, 9.17) is 9.40 Å². The third-order valence-electron chi connectivity index (χ3n) is 10.1. The predicted octanol–water partition coefficient (Wildman–Crippen LogP) is 6.76. The summed E-state index contributed by atoms with van der Waals surface area (Å²) in [6.45, 7) is 12.9. The molecule has 0 bridgehead atoms. The molecule has 0 radical (unpaired) electrons. The molecule has 2 aromatic heterocycles. The minimum atomic E-state index is -2.62. The number of carboxylic acid groups (broad SMARTS) is 1. The molecule has 0 spiro atoms. The molecular formula is C33H45F2N3O5. The van der Waals surface area contributed by atoms with Gasteiger partial charge in [0.2, 0.25) is 11.8 Å². The number of carbonyl (C=O) groups is 3. The Bertz CT molecular complexity index is 1410. The van der Waals surface area contributed by atoms with Crippen LogP contribution >= 0.6 is 0 Å². The average molecular weight is 602 g/mol. The number of aliphatic carboxylic acids is 1. The van der Waals surface area contributed by atoms with Gasteiger partial charge >= 0.3 is 5.97 Å². The number of hydrogen-bond donors (Lipinski definition) is 1. The predicted molar refractivity (Wildman–Crippen MR) is 158 cm³/mol. The molecule has 3 fully saturated rings. The molecule has 3 aliphatic rings. The Kier molecular flexibility index (Phi) is 7.91. The van der Waals surface area contributed by atoms with Crippen molar-refractivity contribution in [3.05, 3.63) is 29.2 Å². The van der Waals surface area contributed by atoms with Crippen molar-refractivity contribution in [1.29, 1.82) is 0 Å². The fourth-order valence-corrected chi connectivity index (χ4v) is 7.08. The first-order valence-electron chi connectivity index (χ1n) is 15.6. The summed E-state index contributed by atoms with van der Waals surface area (Å²) in [5.41, 5.74) is 1.00. The van der Waals surface area contributed by atoms with E-state index < -0.39 is 22.8 Å². The van der Waals surface area contributed by atoms with Gasteiger partial charge in [-0.25, -0.2) is 13.8 Å². The molecule has 2 saturated carbocycles. The summed E-state index contributed by atoms with van der Waals surface area (Å²) in [5, 5.41) is 9.54. The van der Waals surface area contributed by atoms with Gasteiger partial charge in [0, 0.05) is 61.6 Å². The number of nitrogens with zero attached hydrogens (tertiary/aromatic N) is 3. The minimum absolute atomic E-state index is 0.0309. The summed E-state index contributed by atoms with van der Waals surface area (Å²) >= 11 is 0. The van der Waals surface area contributed by atoms with Gasteiger partial charge in [-0.15, -0.1) is 0 Å². The number of hydrogen-bond acceptors (Lipinski definition) is 5. The van der Waals surface area contributed by atoms with Crippen LogP contribution in [-0.2, 0) is 15.0 Å². The highest BCUT2D eigenvalue weighted by Gasteiger charge is 2.44. The highest BCUT2D eigenvalue weighted by atomic mass is 19.3. The molecule has 1 aliphatic heterocycles. The lowest BCUT2D eigenvalue weighted by molar-refractivity contribution is -0.153. The first kappa shape index (κ1) is 31.4. The number of carbonyl (C=O) groups excluding carboxylic acids is 2. The van der Waals surface area contributed by atoms with Gasteiger partial charge in [0.05, 0.1) is 11.0 Å². The Morgan fingerprint density at radius 1 is 0.977 bits per heavy atom. The molecule has 1 N–H and O–H groups in total. The van der Waals surface area contributed by atoms with E-state index in [1.165, 1.54) is 0 Å². The lowest BCUT2D eigenvalue weighted by Gasteiger charge is -2.48. The van der Waals surface area contributed by atoms with E-state index in [9.17, 15) is 28.3 Å². The molecule has 8 nitrogen and oxygen atoms in total. The van der Waals surface area contributed by atoms with Crippen LogP contribution in [0.5, 0.6) is 0 Å². The number of furan rings is 1. The van der Waals surface area contributed by atoms with E-state index in [1.54, 1.807) is 17.9 Å². The van der Waals surface area contributed by atoms with Crippen LogP contribution < -0.4 is 0 Å². The van der Waals surface area contributed by atoms with Crippen molar-refractivity contribution in [3.8, 4) is 0 Å². The molecule has 2 aromatic rings. The number of halogens is 2. The second-order valence-corrected chi connectivity index (χ2v) is 15.0. The molecule has 43 heavy (non-hydrogen) atoms. The lowest BCUT2D eigenvalue weighted by atomic mass is 9.71. The third kappa shape index (κ3) is 6.16. The second-order valence-electron chi connectivity index (χ2n) is 15.0. The first-order valence-corrected chi connectivity index (χ1v) is 15.6. The number of rotatable bonds is 4. The van der Waals surface area contributed by atoms with Crippen LogP contribution in [-0.4, -0.2) is 68.8 Å². The van der Waals surface area contributed by atoms with Crippen molar-refractivity contribution < 1.29 is 32.7 Å². The maximum Gasteiger partial charge on any atom is 0.309 e. The zero-order chi connectivity index (χ0) is 31.5. The Balaban J connectivity index is 1.34. The number of aromatic nitrogens is 1. The van der Waals surface area contributed by atoms with Gasteiger partial charge in [-0.05, 0) is 70.8 Å². The van der Waals surface area contributed by atoms with Crippen molar-refractivity contribution in [2.45, 2.75) is 116 Å². The fourth-order valence-electron chi connectivity index (χ4n) is 7.08. The monoisotopic (exact) mass is 601 g/mol. The standard InChI is InChI=1S/C33H45F2N3O5/c1-30(2,3)22-17-23(20-9-13-33(34,35)14-10-20)36-24-18-25(43-26(22)24)28(40)38-16-15-37(19-31(38,4)5)27(39)21-7-11-32(6,12-8-21)29(41)42/h17-18,20-21H,7-16,19H2,1-6H3,(H,41,42). The summed E-state index contributed by atoms with van der Waals surface area (Å²) in [4.78, 5) is 47.3. The molecule has 10 heteroatoms. The van der Waals surface area contributed by atoms with Crippen molar-refractivity contribution in [2.75, 3.05) is 19.6 Å². The Hall–Kier alpha value is -3.04. The van der Waals surface area contributed by atoms with Crippen molar-refractivity contribution in [3.63, 3.8) is 0 Å². The summed E-state index contributed by atoms with van der Waals surface area (Å²) in [6.07, 6.45) is 2.50. The SMILES string of the molecule is CC1(C(=O)O)CCC(C(=O)N2CCN(C(=O)c3cc4nc(C5CCC(F)(F)CC5)cc(C(C)(C)C)c4o3)C(C)(C)C2)CC1. The average Bonchev–Trinajstić information content (AvgIpc) is 3.35. The van der Waals surface area contributed by atoms with Gasteiger partial charge in [-0.3, -0.25) is 14.4 Å². The Morgan fingerprint density at radius 2 is 1.60 bits per heavy atom. The first-order chi connectivity index (χ1) is 19.9. The zero-order valence-corrected chi connectivity index (χ0v) is 26.3. The molecule has 3 heterocycles. The number of pyridine rings is 1. The third-order valence-corrected chi connectivity index (χ3v) is 10.1. The van der Waals surface area contributed by atoms with Crippen molar-refractivity contribution >= 4 is 28.9 Å². The van der Waals surface area contributed by atoms with Crippen molar-refractivity contribution in [1.82, 2.24) is 14.8 Å². The van der Waals surface area contributed by atoms with E-state index in [0.717, 1.165) is 11.3 Å². The van der Waals surface area contributed by atoms with Gasteiger partial charge in [0.1, 0.15) is 5.52 Å². The van der Waals surface area contributed by atoms with E-state index in [2.05, 4.69) is 20.8 Å². The van der Waals surface area contributed by atoms with Crippen LogP contribution in [0.25, 0.3) is 11.1 Å². The van der Waals surface area contributed by atoms with Gasteiger partial charge in [0.15, 0.2) is 11.3 Å².